The van der Waals surface area contributed by atoms with Crippen molar-refractivity contribution in [2.75, 3.05) is 11.9 Å². The Kier molecular flexibility index (Phi) is 8.52. The Labute approximate surface area is 264 Å². The number of carbonyl (C=O) groups excluding carboxylic acids is 3. The minimum atomic E-state index is -1.19. The lowest BCUT2D eigenvalue weighted by atomic mass is 9.83. The van der Waals surface area contributed by atoms with Crippen LogP contribution in [0.3, 0.4) is 0 Å². The number of aliphatic hydroxyl groups is 1. The molecule has 3 aromatic carbocycles. The number of rotatable bonds is 6. The molecule has 2 amide bonds. The summed E-state index contributed by atoms with van der Waals surface area (Å²) in [6, 6.07) is 14.8. The van der Waals surface area contributed by atoms with E-state index in [4.69, 9.17) is 16.3 Å². The second kappa shape index (κ2) is 12.1. The van der Waals surface area contributed by atoms with Crippen molar-refractivity contribution in [1.29, 1.82) is 0 Å². The highest BCUT2D eigenvalue weighted by Crippen LogP contribution is 2.37. The van der Waals surface area contributed by atoms with Gasteiger partial charge in [-0.15, -0.1) is 5.10 Å². The zero-order valence-corrected chi connectivity index (χ0v) is 26.2. The fourth-order valence-electron chi connectivity index (χ4n) is 5.28. The van der Waals surface area contributed by atoms with Crippen molar-refractivity contribution in [3.05, 3.63) is 106 Å². The topological polar surface area (TPSA) is 127 Å². The van der Waals surface area contributed by atoms with Crippen molar-refractivity contribution in [2.24, 2.45) is 0 Å². The molecule has 0 bridgehead atoms. The van der Waals surface area contributed by atoms with E-state index in [0.717, 1.165) is 10.2 Å². The molecule has 0 saturated carbocycles. The monoisotopic (exact) mass is 633 g/mol. The minimum absolute atomic E-state index is 0.0111. The van der Waals surface area contributed by atoms with Crippen LogP contribution in [0.5, 0.6) is 0 Å². The van der Waals surface area contributed by atoms with E-state index in [1.165, 1.54) is 23.2 Å². The Morgan fingerprint density at radius 1 is 1.02 bits per heavy atom. The number of aromatic nitrogens is 3. The molecular formula is C33H33ClFN5O5. The van der Waals surface area contributed by atoms with Crippen LogP contribution in [0.4, 0.5) is 10.1 Å². The maximum absolute atomic E-state index is 14.7. The predicted octanol–water partition coefficient (Wildman–Crippen LogP) is 5.62. The van der Waals surface area contributed by atoms with Gasteiger partial charge >= 0.3 is 5.97 Å². The number of nitrogens with one attached hydrogen (secondary N) is 1. The number of benzene rings is 3. The molecule has 1 aliphatic rings. The van der Waals surface area contributed by atoms with Gasteiger partial charge in [0.1, 0.15) is 17.3 Å². The standard InChI is InChI=1S/C33H33ClFN5O5/c1-32(2,3)45-31(43)19-12-14-20(15-13-19)36-29(41)28-22-8-6-9-23(33(4,5)44)21(22)16-17-39(28)30(42)25-18-40(38-37-25)26-11-7-10-24(34)27(26)35/h6-15,18,28,44H,16-17H2,1-5H3,(H,36,41). The fourth-order valence-corrected chi connectivity index (χ4v) is 5.45. The lowest BCUT2D eigenvalue weighted by molar-refractivity contribution is -0.121. The average Bonchev–Trinajstić information content (AvgIpc) is 3.46. The average molecular weight is 634 g/mol. The number of halogens is 2. The second-order valence-corrected chi connectivity index (χ2v) is 12.7. The van der Waals surface area contributed by atoms with Crippen LogP contribution in [0.15, 0.2) is 66.9 Å². The number of hydrogen-bond donors (Lipinski definition) is 2. The van der Waals surface area contributed by atoms with Gasteiger partial charge < -0.3 is 20.1 Å². The molecule has 4 aromatic rings. The number of anilines is 1. The first-order valence-electron chi connectivity index (χ1n) is 14.3. The largest absolute Gasteiger partial charge is 0.456 e. The summed E-state index contributed by atoms with van der Waals surface area (Å²) in [7, 11) is 0. The molecule has 1 atom stereocenters. The summed E-state index contributed by atoms with van der Waals surface area (Å²) in [6.45, 7) is 8.77. The Bertz CT molecular complexity index is 1780. The van der Waals surface area contributed by atoms with Gasteiger partial charge in [-0.3, -0.25) is 9.59 Å². The van der Waals surface area contributed by atoms with Gasteiger partial charge in [0.05, 0.1) is 22.4 Å². The first-order chi connectivity index (χ1) is 21.1. The third kappa shape index (κ3) is 6.74. The molecule has 0 fully saturated rings. The second-order valence-electron chi connectivity index (χ2n) is 12.3. The van der Waals surface area contributed by atoms with Crippen molar-refractivity contribution in [2.45, 2.75) is 58.3 Å². The molecule has 0 spiro atoms. The summed E-state index contributed by atoms with van der Waals surface area (Å²) < 4.78 is 21.2. The minimum Gasteiger partial charge on any atom is -0.456 e. The first-order valence-corrected chi connectivity index (χ1v) is 14.7. The third-order valence-electron chi connectivity index (χ3n) is 7.27. The van der Waals surface area contributed by atoms with Crippen molar-refractivity contribution in [3.63, 3.8) is 0 Å². The predicted molar refractivity (Wildman–Crippen MR) is 166 cm³/mol. The van der Waals surface area contributed by atoms with E-state index in [2.05, 4.69) is 15.6 Å². The molecule has 45 heavy (non-hydrogen) atoms. The highest BCUT2D eigenvalue weighted by molar-refractivity contribution is 6.30. The van der Waals surface area contributed by atoms with E-state index in [1.54, 1.807) is 83.1 Å². The van der Waals surface area contributed by atoms with Crippen molar-refractivity contribution in [1.82, 2.24) is 19.9 Å². The Morgan fingerprint density at radius 3 is 2.38 bits per heavy atom. The number of fused-ring (bicyclic) bond motifs is 1. The summed E-state index contributed by atoms with van der Waals surface area (Å²) in [4.78, 5) is 41.7. The molecule has 234 valence electrons. The van der Waals surface area contributed by atoms with E-state index in [9.17, 15) is 23.9 Å². The van der Waals surface area contributed by atoms with Gasteiger partial charge in [-0.1, -0.05) is 41.1 Å². The molecule has 10 nitrogen and oxygen atoms in total. The Hall–Kier alpha value is -4.61. The molecule has 1 unspecified atom stereocenters. The summed E-state index contributed by atoms with van der Waals surface area (Å²) in [5, 5.41) is 21.5. The van der Waals surface area contributed by atoms with Gasteiger partial charge in [0.2, 0.25) is 0 Å². The Morgan fingerprint density at radius 2 is 1.71 bits per heavy atom. The maximum Gasteiger partial charge on any atom is 0.338 e. The van der Waals surface area contributed by atoms with Gasteiger partial charge in [-0.05, 0) is 94.1 Å². The van der Waals surface area contributed by atoms with Crippen LogP contribution in [0.1, 0.15) is 78.2 Å². The summed E-state index contributed by atoms with van der Waals surface area (Å²) in [6.07, 6.45) is 1.65. The van der Waals surface area contributed by atoms with E-state index in [-0.39, 0.29) is 22.9 Å². The first kappa shape index (κ1) is 31.8. The Balaban J connectivity index is 1.48. The molecular weight excluding hydrogens is 601 g/mol. The van der Waals surface area contributed by atoms with E-state index in [1.807, 2.05) is 0 Å². The summed E-state index contributed by atoms with van der Waals surface area (Å²) >= 11 is 5.92. The van der Waals surface area contributed by atoms with Crippen LogP contribution in [0, 0.1) is 5.82 Å². The van der Waals surface area contributed by atoms with E-state index >= 15 is 0 Å². The lowest BCUT2D eigenvalue weighted by Crippen LogP contribution is -2.46. The quantitative estimate of drug-likeness (QED) is 0.264. The molecule has 0 radical (unpaired) electrons. The van der Waals surface area contributed by atoms with Crippen molar-refractivity contribution >= 4 is 35.1 Å². The van der Waals surface area contributed by atoms with Crippen LogP contribution in [0.25, 0.3) is 5.69 Å². The summed E-state index contributed by atoms with van der Waals surface area (Å²) in [5.41, 5.74) is 0.722. The zero-order valence-electron chi connectivity index (χ0n) is 25.5. The molecule has 0 saturated heterocycles. The van der Waals surface area contributed by atoms with Crippen LogP contribution >= 0.6 is 11.6 Å². The third-order valence-corrected chi connectivity index (χ3v) is 7.56. The summed E-state index contributed by atoms with van der Waals surface area (Å²) in [5.74, 6) is -2.33. The number of hydrogen-bond acceptors (Lipinski definition) is 7. The molecule has 1 aromatic heterocycles. The zero-order chi connectivity index (χ0) is 32.7. The van der Waals surface area contributed by atoms with E-state index in [0.29, 0.717) is 28.8 Å². The lowest BCUT2D eigenvalue weighted by Gasteiger charge is -2.38. The van der Waals surface area contributed by atoms with Crippen molar-refractivity contribution < 1.29 is 28.6 Å². The molecule has 0 aliphatic carbocycles. The maximum atomic E-state index is 14.7. The van der Waals surface area contributed by atoms with Crippen LogP contribution in [-0.2, 0) is 21.6 Å². The molecule has 1 aliphatic heterocycles. The number of nitrogens with zero attached hydrogens (tertiary/aromatic N) is 4. The number of amides is 2. The van der Waals surface area contributed by atoms with Gasteiger partial charge in [0, 0.05) is 12.2 Å². The van der Waals surface area contributed by atoms with Gasteiger partial charge in [0.15, 0.2) is 11.5 Å². The van der Waals surface area contributed by atoms with E-state index < -0.39 is 40.8 Å². The van der Waals surface area contributed by atoms with Gasteiger partial charge in [-0.25, -0.2) is 13.9 Å². The normalized spacial score (nSPS) is 14.9. The van der Waals surface area contributed by atoms with Crippen LogP contribution in [-0.4, -0.2) is 54.9 Å². The number of esters is 1. The number of carbonyl (C=O) groups is 3. The SMILES string of the molecule is CC(C)(C)OC(=O)c1ccc(NC(=O)C2c3cccc(C(C)(C)O)c3CCN2C(=O)c2cn(-c3cccc(Cl)c3F)nn2)cc1. The smallest absolute Gasteiger partial charge is 0.338 e. The molecule has 2 heterocycles. The highest BCUT2D eigenvalue weighted by atomic mass is 35.5. The van der Waals surface area contributed by atoms with Gasteiger partial charge in [0.25, 0.3) is 11.8 Å². The molecule has 2 N–H and O–H groups in total. The van der Waals surface area contributed by atoms with Crippen LogP contribution < -0.4 is 5.32 Å². The van der Waals surface area contributed by atoms with Crippen molar-refractivity contribution in [3.8, 4) is 5.69 Å². The number of ether oxygens (including phenoxy) is 1. The molecule has 5 rings (SSSR count). The molecule has 12 heteroatoms. The van der Waals surface area contributed by atoms with Gasteiger partial charge in [-0.2, -0.15) is 0 Å². The highest BCUT2D eigenvalue weighted by Gasteiger charge is 2.39. The van der Waals surface area contributed by atoms with Crippen LogP contribution in [0.2, 0.25) is 5.02 Å². The fraction of sp³-hybridized carbons (Fsp3) is 0.303.